The smallest absolute Gasteiger partial charge is 0.310 e. The summed E-state index contributed by atoms with van der Waals surface area (Å²) < 4.78 is 23.3. The fourth-order valence-corrected chi connectivity index (χ4v) is 2.17. The second kappa shape index (κ2) is 6.27. The fourth-order valence-electron chi connectivity index (χ4n) is 2.17. The first kappa shape index (κ1) is 15.5. The molecule has 0 radical (unpaired) electrons. The van der Waals surface area contributed by atoms with Crippen LogP contribution in [-0.4, -0.2) is 19.0 Å². The van der Waals surface area contributed by atoms with Crippen LogP contribution in [0.25, 0.3) is 10.8 Å². The number of ether oxygens (including phenoxy) is 2. The zero-order valence-electron chi connectivity index (χ0n) is 12.1. The van der Waals surface area contributed by atoms with Crippen molar-refractivity contribution in [2.45, 2.75) is 13.3 Å². The van der Waals surface area contributed by atoms with E-state index in [1.807, 2.05) is 0 Å². The molecule has 0 unspecified atom stereocenters. The van der Waals surface area contributed by atoms with Crippen molar-refractivity contribution in [3.63, 3.8) is 0 Å². The molecule has 0 aliphatic carbocycles. The van der Waals surface area contributed by atoms with Gasteiger partial charge in [-0.2, -0.15) is 0 Å². The van der Waals surface area contributed by atoms with Crippen LogP contribution >= 0.6 is 0 Å². The highest BCUT2D eigenvalue weighted by Crippen LogP contribution is 2.33. The zero-order chi connectivity index (χ0) is 16.3. The summed E-state index contributed by atoms with van der Waals surface area (Å²) >= 11 is 0. The van der Waals surface area contributed by atoms with Crippen molar-refractivity contribution in [3.8, 4) is 18.1 Å². The summed E-state index contributed by atoms with van der Waals surface area (Å²) in [4.78, 5) is 22.8. The van der Waals surface area contributed by atoms with Gasteiger partial charge in [0.05, 0.1) is 19.1 Å². The molecule has 0 atom stereocenters. The molecule has 0 spiro atoms. The molecule has 0 aliphatic rings. The number of benzene rings is 2. The molecule has 0 amide bonds. The van der Waals surface area contributed by atoms with Gasteiger partial charge in [0.2, 0.25) is 0 Å². The van der Waals surface area contributed by atoms with Crippen molar-refractivity contribution in [1.82, 2.24) is 0 Å². The minimum Gasteiger partial charge on any atom is -0.469 e. The Bertz CT molecular complexity index is 802. The molecule has 0 saturated carbocycles. The van der Waals surface area contributed by atoms with E-state index in [0.717, 1.165) is 0 Å². The van der Waals surface area contributed by atoms with Crippen LogP contribution in [0, 0.1) is 18.2 Å². The van der Waals surface area contributed by atoms with Gasteiger partial charge in [0.25, 0.3) is 0 Å². The highest BCUT2D eigenvalue weighted by Gasteiger charge is 2.18. The summed E-state index contributed by atoms with van der Waals surface area (Å²) in [7, 11) is 1.27. The lowest BCUT2D eigenvalue weighted by molar-refractivity contribution is -0.139. The molecule has 2 aromatic carbocycles. The van der Waals surface area contributed by atoms with Gasteiger partial charge in [-0.3, -0.25) is 9.59 Å². The van der Waals surface area contributed by atoms with Gasteiger partial charge in [-0.15, -0.1) is 6.42 Å². The van der Waals surface area contributed by atoms with E-state index in [1.165, 1.54) is 32.2 Å². The first-order chi connectivity index (χ1) is 10.5. The fraction of sp³-hybridized carbons (Fsp3) is 0.176. The second-order valence-electron chi connectivity index (χ2n) is 4.60. The minimum atomic E-state index is -0.586. The molecule has 0 aromatic heterocycles. The third-order valence-electron chi connectivity index (χ3n) is 3.09. The second-order valence-corrected chi connectivity index (χ2v) is 4.60. The molecule has 22 heavy (non-hydrogen) atoms. The average Bonchev–Trinajstić information content (AvgIpc) is 2.47. The normalized spacial score (nSPS) is 10.1. The number of hydrogen-bond donors (Lipinski definition) is 0. The van der Waals surface area contributed by atoms with E-state index in [0.29, 0.717) is 16.3 Å². The largest absolute Gasteiger partial charge is 0.469 e. The number of carbonyl (C=O) groups is 2. The number of hydrogen-bond acceptors (Lipinski definition) is 4. The summed E-state index contributed by atoms with van der Waals surface area (Å²) in [6, 6.07) is 5.69. The summed E-state index contributed by atoms with van der Waals surface area (Å²) in [6.07, 6.45) is 5.41. The van der Waals surface area contributed by atoms with E-state index in [-0.39, 0.29) is 17.7 Å². The SMILES string of the molecule is C#Cc1c(CC(=O)OC)cc2ccc(F)cc2c1OC(C)=O. The van der Waals surface area contributed by atoms with Gasteiger partial charge in [-0.25, -0.2) is 4.39 Å². The number of esters is 2. The third kappa shape index (κ3) is 3.07. The first-order valence-corrected chi connectivity index (χ1v) is 6.43. The molecule has 2 rings (SSSR count). The average molecular weight is 300 g/mol. The topological polar surface area (TPSA) is 52.6 Å². The van der Waals surface area contributed by atoms with Crippen molar-refractivity contribution in [1.29, 1.82) is 0 Å². The van der Waals surface area contributed by atoms with E-state index >= 15 is 0 Å². The van der Waals surface area contributed by atoms with Crippen LogP contribution in [0.4, 0.5) is 4.39 Å². The van der Waals surface area contributed by atoms with E-state index < -0.39 is 17.8 Å². The molecule has 0 N–H and O–H groups in total. The number of terminal acetylenes is 1. The Morgan fingerprint density at radius 1 is 1.32 bits per heavy atom. The predicted molar refractivity (Wildman–Crippen MR) is 78.9 cm³/mol. The highest BCUT2D eigenvalue weighted by molar-refractivity contribution is 5.94. The molecule has 0 aliphatic heterocycles. The maximum atomic E-state index is 13.5. The number of methoxy groups -OCH3 is 1. The molecule has 4 nitrogen and oxygen atoms in total. The molecule has 0 bridgehead atoms. The quantitative estimate of drug-likeness (QED) is 0.497. The van der Waals surface area contributed by atoms with Gasteiger partial charge in [-0.1, -0.05) is 12.0 Å². The summed E-state index contributed by atoms with van der Waals surface area (Å²) in [5, 5.41) is 0.979. The lowest BCUT2D eigenvalue weighted by atomic mass is 9.97. The van der Waals surface area contributed by atoms with Crippen molar-refractivity contribution in [3.05, 3.63) is 41.2 Å². The highest BCUT2D eigenvalue weighted by atomic mass is 19.1. The van der Waals surface area contributed by atoms with Crippen LogP contribution in [0.2, 0.25) is 0 Å². The molecule has 2 aromatic rings. The van der Waals surface area contributed by atoms with Crippen LogP contribution in [0.3, 0.4) is 0 Å². The van der Waals surface area contributed by atoms with Crippen LogP contribution in [0.15, 0.2) is 24.3 Å². The van der Waals surface area contributed by atoms with E-state index in [9.17, 15) is 14.0 Å². The van der Waals surface area contributed by atoms with Crippen LogP contribution in [-0.2, 0) is 20.7 Å². The maximum absolute atomic E-state index is 13.5. The predicted octanol–water partition coefficient (Wildman–Crippen LogP) is 2.60. The Balaban J connectivity index is 2.76. The van der Waals surface area contributed by atoms with E-state index in [2.05, 4.69) is 10.7 Å². The first-order valence-electron chi connectivity index (χ1n) is 6.43. The number of carbonyl (C=O) groups excluding carboxylic acids is 2. The van der Waals surface area contributed by atoms with Gasteiger partial charge in [0.15, 0.2) is 5.75 Å². The van der Waals surface area contributed by atoms with Crippen LogP contribution < -0.4 is 4.74 Å². The van der Waals surface area contributed by atoms with Crippen LogP contribution in [0.5, 0.6) is 5.75 Å². The zero-order valence-corrected chi connectivity index (χ0v) is 12.1. The Hall–Kier alpha value is -2.87. The molecular formula is C17H13FO4. The Morgan fingerprint density at radius 3 is 2.64 bits per heavy atom. The number of halogens is 1. The molecule has 0 saturated heterocycles. The molecule has 0 heterocycles. The summed E-state index contributed by atoms with van der Waals surface area (Å²) in [5.74, 6) is 0.930. The van der Waals surface area contributed by atoms with E-state index in [1.54, 1.807) is 6.07 Å². The standard InChI is InChI=1S/C17H13FO4/c1-4-14-12(8-16(20)21-3)7-11-5-6-13(18)9-15(11)17(14)22-10(2)19/h1,5-7,9H,8H2,2-3H3. The molecule has 0 fully saturated rings. The number of rotatable bonds is 3. The minimum absolute atomic E-state index is 0.0718. The van der Waals surface area contributed by atoms with Crippen molar-refractivity contribution < 1.29 is 23.5 Å². The van der Waals surface area contributed by atoms with Crippen molar-refractivity contribution in [2.24, 2.45) is 0 Å². The number of fused-ring (bicyclic) bond motifs is 1. The van der Waals surface area contributed by atoms with Gasteiger partial charge in [0.1, 0.15) is 5.82 Å². The van der Waals surface area contributed by atoms with Gasteiger partial charge < -0.3 is 9.47 Å². The summed E-state index contributed by atoms with van der Waals surface area (Å²) in [6.45, 7) is 1.22. The molecular weight excluding hydrogens is 287 g/mol. The third-order valence-corrected chi connectivity index (χ3v) is 3.09. The van der Waals surface area contributed by atoms with Crippen molar-refractivity contribution in [2.75, 3.05) is 7.11 Å². The van der Waals surface area contributed by atoms with Gasteiger partial charge in [-0.05, 0) is 29.1 Å². The molecule has 5 heteroatoms. The Kier molecular flexibility index (Phi) is 4.42. The van der Waals surface area contributed by atoms with E-state index in [4.69, 9.17) is 11.2 Å². The molecule has 112 valence electrons. The monoisotopic (exact) mass is 300 g/mol. The Labute approximate surface area is 126 Å². The lowest BCUT2D eigenvalue weighted by Gasteiger charge is -2.13. The Morgan fingerprint density at radius 2 is 2.05 bits per heavy atom. The maximum Gasteiger partial charge on any atom is 0.310 e. The summed E-state index contributed by atoms with van der Waals surface area (Å²) in [5.41, 5.74) is 0.711. The van der Waals surface area contributed by atoms with Crippen molar-refractivity contribution >= 4 is 22.7 Å². The van der Waals surface area contributed by atoms with Crippen LogP contribution in [0.1, 0.15) is 18.1 Å². The lowest BCUT2D eigenvalue weighted by Crippen LogP contribution is -2.09. The van der Waals surface area contributed by atoms with Gasteiger partial charge >= 0.3 is 11.9 Å². The van der Waals surface area contributed by atoms with Gasteiger partial charge in [0, 0.05) is 12.3 Å².